The lowest BCUT2D eigenvalue weighted by Crippen LogP contribution is -2.25. The summed E-state index contributed by atoms with van der Waals surface area (Å²) in [5.41, 5.74) is 3.32. The van der Waals surface area contributed by atoms with Crippen LogP contribution >= 0.6 is 11.3 Å². The van der Waals surface area contributed by atoms with Crippen LogP contribution in [-0.4, -0.2) is 30.9 Å². The average molecular weight is 451 g/mol. The zero-order valence-corrected chi connectivity index (χ0v) is 19.2. The number of carbonyl (C=O) groups excluding carboxylic acids is 3. The van der Waals surface area contributed by atoms with Crippen LogP contribution in [0.3, 0.4) is 0 Å². The molecular formula is C25H26N2O4S. The normalized spacial score (nSPS) is 10.5. The Morgan fingerprint density at radius 1 is 0.938 bits per heavy atom. The highest BCUT2D eigenvalue weighted by molar-refractivity contribution is 7.18. The quantitative estimate of drug-likeness (QED) is 0.484. The van der Waals surface area contributed by atoms with Crippen LogP contribution in [0.2, 0.25) is 0 Å². The SMILES string of the molecule is CCOC(=O)c1c(NC(=O)c2ccc(C)cc2)sc(C(=O)NCCc2ccccc2)c1C. The Balaban J connectivity index is 1.80. The molecule has 0 atom stereocenters. The lowest BCUT2D eigenvalue weighted by molar-refractivity contribution is 0.0527. The second-order valence-corrected chi connectivity index (χ2v) is 8.31. The van der Waals surface area contributed by atoms with Crippen molar-refractivity contribution in [2.75, 3.05) is 18.5 Å². The predicted octanol–water partition coefficient (Wildman–Crippen LogP) is 4.77. The molecule has 0 aliphatic rings. The van der Waals surface area contributed by atoms with Gasteiger partial charge in [0.15, 0.2) is 0 Å². The second-order valence-electron chi connectivity index (χ2n) is 7.29. The van der Waals surface area contributed by atoms with Gasteiger partial charge < -0.3 is 15.4 Å². The van der Waals surface area contributed by atoms with Crippen LogP contribution < -0.4 is 10.6 Å². The zero-order valence-electron chi connectivity index (χ0n) is 18.4. The molecule has 0 aliphatic heterocycles. The first kappa shape index (κ1) is 23.2. The van der Waals surface area contributed by atoms with Gasteiger partial charge in [0.05, 0.1) is 17.0 Å². The molecule has 3 rings (SSSR count). The third-order valence-electron chi connectivity index (χ3n) is 4.92. The molecule has 2 amide bonds. The van der Waals surface area contributed by atoms with Gasteiger partial charge in [-0.05, 0) is 50.5 Å². The minimum absolute atomic E-state index is 0.193. The third kappa shape index (κ3) is 5.62. The molecule has 0 bridgehead atoms. The number of aryl methyl sites for hydroxylation is 1. The van der Waals surface area contributed by atoms with Crippen LogP contribution in [0.1, 0.15) is 54.0 Å². The van der Waals surface area contributed by atoms with Gasteiger partial charge in [0.1, 0.15) is 5.00 Å². The van der Waals surface area contributed by atoms with Crippen LogP contribution in [-0.2, 0) is 11.2 Å². The van der Waals surface area contributed by atoms with Crippen LogP contribution in [0.15, 0.2) is 54.6 Å². The lowest BCUT2D eigenvalue weighted by Gasteiger charge is -2.07. The molecule has 0 unspecified atom stereocenters. The number of amides is 2. The van der Waals surface area contributed by atoms with E-state index in [1.165, 1.54) is 0 Å². The Hall–Kier alpha value is -3.45. The number of rotatable bonds is 8. The van der Waals surface area contributed by atoms with Gasteiger partial charge in [-0.3, -0.25) is 9.59 Å². The highest BCUT2D eigenvalue weighted by Crippen LogP contribution is 2.34. The van der Waals surface area contributed by atoms with Crippen LogP contribution in [0.5, 0.6) is 0 Å². The van der Waals surface area contributed by atoms with Crippen molar-refractivity contribution in [3.8, 4) is 0 Å². The first-order valence-electron chi connectivity index (χ1n) is 10.4. The summed E-state index contributed by atoms with van der Waals surface area (Å²) in [7, 11) is 0. The van der Waals surface area contributed by atoms with E-state index in [4.69, 9.17) is 4.74 Å². The van der Waals surface area contributed by atoms with E-state index in [0.29, 0.717) is 34.0 Å². The minimum atomic E-state index is -0.566. The maximum Gasteiger partial charge on any atom is 0.341 e. The maximum absolute atomic E-state index is 12.8. The van der Waals surface area contributed by atoms with Gasteiger partial charge in [-0.25, -0.2) is 4.79 Å². The van der Waals surface area contributed by atoms with Crippen molar-refractivity contribution in [1.29, 1.82) is 0 Å². The molecule has 2 aromatic carbocycles. The number of thiophene rings is 1. The molecule has 0 radical (unpaired) electrons. The molecule has 0 saturated carbocycles. The number of ether oxygens (including phenoxy) is 1. The standard InChI is InChI=1S/C25H26N2O4S/c1-4-31-25(30)20-17(3)21(23(29)26-15-14-18-8-6-5-7-9-18)32-24(20)27-22(28)19-12-10-16(2)11-13-19/h5-13H,4,14-15H2,1-3H3,(H,26,29)(H,27,28). The number of hydrogen-bond donors (Lipinski definition) is 2. The molecular weight excluding hydrogens is 424 g/mol. The zero-order chi connectivity index (χ0) is 23.1. The van der Waals surface area contributed by atoms with Crippen LogP contribution in [0, 0.1) is 13.8 Å². The predicted molar refractivity (Wildman–Crippen MR) is 127 cm³/mol. The summed E-state index contributed by atoms with van der Waals surface area (Å²) in [6.07, 6.45) is 0.693. The largest absolute Gasteiger partial charge is 0.462 e. The number of benzene rings is 2. The number of anilines is 1. The van der Waals surface area contributed by atoms with Crippen molar-refractivity contribution in [3.63, 3.8) is 0 Å². The van der Waals surface area contributed by atoms with E-state index in [9.17, 15) is 14.4 Å². The fraction of sp³-hybridized carbons (Fsp3) is 0.240. The molecule has 6 nitrogen and oxygen atoms in total. The highest BCUT2D eigenvalue weighted by atomic mass is 32.1. The lowest BCUT2D eigenvalue weighted by atomic mass is 10.1. The summed E-state index contributed by atoms with van der Waals surface area (Å²) in [6.45, 7) is 5.99. The minimum Gasteiger partial charge on any atom is -0.462 e. The van der Waals surface area contributed by atoms with E-state index in [1.807, 2.05) is 49.4 Å². The average Bonchev–Trinajstić information content (AvgIpc) is 3.10. The summed E-state index contributed by atoms with van der Waals surface area (Å²) >= 11 is 1.08. The number of esters is 1. The number of nitrogens with one attached hydrogen (secondary N) is 2. The summed E-state index contributed by atoms with van der Waals surface area (Å²) in [6, 6.07) is 17.0. The van der Waals surface area contributed by atoms with Crippen LogP contribution in [0.25, 0.3) is 0 Å². The Bertz CT molecular complexity index is 1100. The molecule has 0 aliphatic carbocycles. The summed E-state index contributed by atoms with van der Waals surface area (Å²) in [4.78, 5) is 38.5. The first-order valence-corrected chi connectivity index (χ1v) is 11.2. The van der Waals surface area contributed by atoms with E-state index >= 15 is 0 Å². The monoisotopic (exact) mass is 450 g/mol. The van der Waals surface area contributed by atoms with Gasteiger partial charge in [0.25, 0.3) is 11.8 Å². The summed E-state index contributed by atoms with van der Waals surface area (Å²) < 4.78 is 5.17. The number of hydrogen-bond acceptors (Lipinski definition) is 5. The second kappa shape index (κ2) is 10.7. The molecule has 0 saturated heterocycles. The molecule has 2 N–H and O–H groups in total. The highest BCUT2D eigenvalue weighted by Gasteiger charge is 2.26. The molecule has 1 aromatic heterocycles. The Morgan fingerprint density at radius 3 is 2.28 bits per heavy atom. The Labute approximate surface area is 191 Å². The Kier molecular flexibility index (Phi) is 7.78. The molecule has 0 spiro atoms. The molecule has 7 heteroatoms. The van der Waals surface area contributed by atoms with Crippen molar-refractivity contribution < 1.29 is 19.1 Å². The molecule has 3 aromatic rings. The topological polar surface area (TPSA) is 84.5 Å². The van der Waals surface area contributed by atoms with Gasteiger partial charge >= 0.3 is 5.97 Å². The smallest absolute Gasteiger partial charge is 0.341 e. The fourth-order valence-corrected chi connectivity index (χ4v) is 4.30. The third-order valence-corrected chi connectivity index (χ3v) is 6.12. The summed E-state index contributed by atoms with van der Waals surface area (Å²) in [5.74, 6) is -1.21. The van der Waals surface area contributed by atoms with Crippen molar-refractivity contribution in [2.24, 2.45) is 0 Å². The van der Waals surface area contributed by atoms with Gasteiger partial charge in [-0.2, -0.15) is 0 Å². The van der Waals surface area contributed by atoms with E-state index < -0.39 is 5.97 Å². The van der Waals surface area contributed by atoms with E-state index in [0.717, 1.165) is 22.5 Å². The van der Waals surface area contributed by atoms with Crippen molar-refractivity contribution in [2.45, 2.75) is 27.2 Å². The van der Waals surface area contributed by atoms with E-state index in [2.05, 4.69) is 10.6 Å². The van der Waals surface area contributed by atoms with Gasteiger partial charge in [-0.1, -0.05) is 48.0 Å². The molecule has 166 valence electrons. The molecule has 0 fully saturated rings. The summed E-state index contributed by atoms with van der Waals surface area (Å²) in [5, 5.41) is 5.99. The Morgan fingerprint density at radius 2 is 1.62 bits per heavy atom. The van der Waals surface area contributed by atoms with Crippen LogP contribution in [0.4, 0.5) is 5.00 Å². The first-order chi connectivity index (χ1) is 15.4. The maximum atomic E-state index is 12.8. The van der Waals surface area contributed by atoms with Crippen molar-refractivity contribution in [1.82, 2.24) is 5.32 Å². The van der Waals surface area contributed by atoms with Gasteiger partial charge in [0, 0.05) is 12.1 Å². The van der Waals surface area contributed by atoms with Crippen molar-refractivity contribution in [3.05, 3.63) is 87.3 Å². The van der Waals surface area contributed by atoms with Gasteiger partial charge in [-0.15, -0.1) is 11.3 Å². The fourth-order valence-electron chi connectivity index (χ4n) is 3.19. The number of carbonyl (C=O) groups is 3. The molecule has 32 heavy (non-hydrogen) atoms. The van der Waals surface area contributed by atoms with Crippen molar-refractivity contribution >= 4 is 34.1 Å². The molecule has 1 heterocycles. The van der Waals surface area contributed by atoms with E-state index in [1.54, 1.807) is 26.0 Å². The van der Waals surface area contributed by atoms with E-state index in [-0.39, 0.29) is 24.0 Å². The van der Waals surface area contributed by atoms with Gasteiger partial charge in [0.2, 0.25) is 0 Å².